The Morgan fingerprint density at radius 3 is 2.62 bits per heavy atom. The van der Waals surface area contributed by atoms with Crippen molar-refractivity contribution in [1.29, 1.82) is 0 Å². The average molecular weight is 292 g/mol. The van der Waals surface area contributed by atoms with Gasteiger partial charge in [-0.2, -0.15) is 0 Å². The van der Waals surface area contributed by atoms with Gasteiger partial charge in [-0.1, -0.05) is 24.3 Å². The second kappa shape index (κ2) is 6.36. The number of rotatable bonds is 3. The number of fused-ring (bicyclic) bond motifs is 1. The van der Waals surface area contributed by atoms with Crippen molar-refractivity contribution in [2.24, 2.45) is 0 Å². The minimum absolute atomic E-state index is 0.180. The van der Waals surface area contributed by atoms with Crippen LogP contribution in [0.5, 0.6) is 0 Å². The minimum atomic E-state index is -0.990. The van der Waals surface area contributed by atoms with E-state index in [0.29, 0.717) is 13.0 Å². The molecule has 21 heavy (non-hydrogen) atoms. The predicted molar refractivity (Wildman–Crippen MR) is 72.5 cm³/mol. The van der Waals surface area contributed by atoms with E-state index in [4.69, 9.17) is 0 Å². The zero-order valence-corrected chi connectivity index (χ0v) is 11.5. The fourth-order valence-electron chi connectivity index (χ4n) is 2.38. The van der Waals surface area contributed by atoms with Gasteiger partial charge in [0.05, 0.1) is 13.7 Å². The third-order valence-electron chi connectivity index (χ3n) is 3.40. The van der Waals surface area contributed by atoms with Gasteiger partial charge in [0.15, 0.2) is 0 Å². The summed E-state index contributed by atoms with van der Waals surface area (Å²) in [7, 11) is 1.15. The second-order valence-electron chi connectivity index (χ2n) is 4.77. The summed E-state index contributed by atoms with van der Waals surface area (Å²) >= 11 is 0. The lowest BCUT2D eigenvalue weighted by molar-refractivity contribution is -0.144. The maximum Gasteiger partial charge on any atom is 0.413 e. The Morgan fingerprint density at radius 1 is 1.33 bits per heavy atom. The molecule has 1 unspecified atom stereocenters. The van der Waals surface area contributed by atoms with Crippen LogP contribution in [-0.4, -0.2) is 47.7 Å². The molecule has 1 aliphatic heterocycles. The van der Waals surface area contributed by atoms with Gasteiger partial charge in [-0.25, -0.2) is 4.79 Å². The summed E-state index contributed by atoms with van der Waals surface area (Å²) in [6.07, 6.45) is -0.527. The van der Waals surface area contributed by atoms with Crippen molar-refractivity contribution >= 4 is 18.0 Å². The van der Waals surface area contributed by atoms with Crippen molar-refractivity contribution in [3.63, 3.8) is 0 Å². The molecule has 0 radical (unpaired) electrons. The lowest BCUT2D eigenvalue weighted by atomic mass is 9.94. The van der Waals surface area contributed by atoms with Gasteiger partial charge in [0.25, 0.3) is 0 Å². The molecule has 0 fully saturated rings. The zero-order valence-electron chi connectivity index (χ0n) is 11.5. The van der Waals surface area contributed by atoms with E-state index in [0.717, 1.165) is 18.2 Å². The molecular formula is C14H16N2O5. The quantitative estimate of drug-likeness (QED) is 0.836. The van der Waals surface area contributed by atoms with Crippen LogP contribution < -0.4 is 5.32 Å². The van der Waals surface area contributed by atoms with Crippen LogP contribution in [0.1, 0.15) is 11.1 Å². The number of methoxy groups -OCH3 is 1. The molecule has 1 heterocycles. The van der Waals surface area contributed by atoms with Crippen LogP contribution in [-0.2, 0) is 27.3 Å². The van der Waals surface area contributed by atoms with E-state index in [2.05, 4.69) is 4.74 Å². The number of amides is 2. The highest BCUT2D eigenvalue weighted by molar-refractivity contribution is 5.93. The summed E-state index contributed by atoms with van der Waals surface area (Å²) in [5, 5.41) is 11.3. The number of nitrogens with zero attached hydrogens (tertiary/aromatic N) is 1. The molecule has 1 atom stereocenters. The van der Waals surface area contributed by atoms with E-state index < -0.39 is 24.0 Å². The highest BCUT2D eigenvalue weighted by Gasteiger charge is 2.32. The molecule has 112 valence electrons. The zero-order chi connectivity index (χ0) is 15.4. The molecule has 2 amide bonds. The molecular weight excluding hydrogens is 276 g/mol. The number of benzene rings is 1. The van der Waals surface area contributed by atoms with Gasteiger partial charge < -0.3 is 9.84 Å². The van der Waals surface area contributed by atoms with E-state index in [1.807, 2.05) is 29.6 Å². The van der Waals surface area contributed by atoms with E-state index in [1.165, 1.54) is 4.90 Å². The number of carboxylic acid groups (broad SMARTS) is 1. The fraction of sp³-hybridized carbons (Fsp3) is 0.357. The Labute approximate surface area is 121 Å². The van der Waals surface area contributed by atoms with Gasteiger partial charge in [0, 0.05) is 6.54 Å². The number of hydrogen-bond donors (Lipinski definition) is 2. The monoisotopic (exact) mass is 292 g/mol. The Bertz CT molecular complexity index is 572. The van der Waals surface area contributed by atoms with Gasteiger partial charge in [-0.05, 0) is 17.5 Å². The highest BCUT2D eigenvalue weighted by atomic mass is 16.5. The standard InChI is InChI=1S/C14H16N2O5/c1-21-14(20)15-12(17)8-16-7-10-5-3-2-4-9(10)6-11(16)13(18)19/h2-5,11H,6-8H2,1H3,(H,18,19)(H,15,17,20). The normalized spacial score (nSPS) is 17.7. The first-order chi connectivity index (χ1) is 10.0. The van der Waals surface area contributed by atoms with E-state index in [1.54, 1.807) is 0 Å². The Morgan fingerprint density at radius 2 is 2.00 bits per heavy atom. The van der Waals surface area contributed by atoms with Crippen LogP contribution in [0.2, 0.25) is 0 Å². The summed E-state index contributed by atoms with van der Waals surface area (Å²) in [5.74, 6) is -1.58. The van der Waals surface area contributed by atoms with Crippen molar-refractivity contribution in [3.05, 3.63) is 35.4 Å². The number of carboxylic acids is 1. The number of alkyl carbamates (subject to hydrolysis) is 1. The summed E-state index contributed by atoms with van der Waals surface area (Å²) in [6.45, 7) is 0.169. The highest BCUT2D eigenvalue weighted by Crippen LogP contribution is 2.23. The van der Waals surface area contributed by atoms with Crippen LogP contribution in [0, 0.1) is 0 Å². The Balaban J connectivity index is 2.11. The molecule has 0 bridgehead atoms. The van der Waals surface area contributed by atoms with Crippen molar-refractivity contribution in [2.45, 2.75) is 19.0 Å². The van der Waals surface area contributed by atoms with Crippen LogP contribution in [0.3, 0.4) is 0 Å². The molecule has 1 aliphatic rings. The number of carbonyl (C=O) groups excluding carboxylic acids is 2. The number of carbonyl (C=O) groups is 3. The lowest BCUT2D eigenvalue weighted by Gasteiger charge is -2.33. The summed E-state index contributed by atoms with van der Waals surface area (Å²) < 4.78 is 4.33. The number of nitrogens with one attached hydrogen (secondary N) is 1. The van der Waals surface area contributed by atoms with Crippen LogP contribution in [0.25, 0.3) is 0 Å². The van der Waals surface area contributed by atoms with Gasteiger partial charge in [0.2, 0.25) is 5.91 Å². The summed E-state index contributed by atoms with van der Waals surface area (Å²) in [5.41, 5.74) is 1.95. The molecule has 0 saturated carbocycles. The van der Waals surface area contributed by atoms with Crippen LogP contribution in [0.15, 0.2) is 24.3 Å². The molecule has 1 aromatic rings. The molecule has 1 aromatic carbocycles. The SMILES string of the molecule is COC(=O)NC(=O)CN1Cc2ccccc2CC1C(=O)O. The number of ether oxygens (including phenoxy) is 1. The number of aliphatic carboxylic acids is 1. The van der Waals surface area contributed by atoms with Gasteiger partial charge in [-0.15, -0.1) is 0 Å². The van der Waals surface area contributed by atoms with Crippen LogP contribution in [0.4, 0.5) is 4.79 Å². The van der Waals surface area contributed by atoms with E-state index >= 15 is 0 Å². The molecule has 7 nitrogen and oxygen atoms in total. The lowest BCUT2D eigenvalue weighted by Crippen LogP contribution is -2.50. The third-order valence-corrected chi connectivity index (χ3v) is 3.40. The smallest absolute Gasteiger partial charge is 0.413 e. The van der Waals surface area contributed by atoms with E-state index in [9.17, 15) is 19.5 Å². The molecule has 2 N–H and O–H groups in total. The number of hydrogen-bond acceptors (Lipinski definition) is 5. The molecule has 0 aromatic heterocycles. The van der Waals surface area contributed by atoms with Gasteiger partial charge in [0.1, 0.15) is 6.04 Å². The van der Waals surface area contributed by atoms with Crippen molar-refractivity contribution < 1.29 is 24.2 Å². The van der Waals surface area contributed by atoms with Crippen molar-refractivity contribution in [1.82, 2.24) is 10.2 Å². The molecule has 7 heteroatoms. The van der Waals surface area contributed by atoms with Crippen molar-refractivity contribution in [2.75, 3.05) is 13.7 Å². The first-order valence-electron chi connectivity index (χ1n) is 6.42. The second-order valence-corrected chi connectivity index (χ2v) is 4.77. The third kappa shape index (κ3) is 3.57. The molecule has 0 aliphatic carbocycles. The minimum Gasteiger partial charge on any atom is -0.480 e. The largest absolute Gasteiger partial charge is 0.480 e. The predicted octanol–water partition coefficient (Wildman–Crippen LogP) is 0.380. The summed E-state index contributed by atoms with van der Waals surface area (Å²) in [4.78, 5) is 35.6. The first-order valence-corrected chi connectivity index (χ1v) is 6.42. The maximum atomic E-state index is 11.7. The average Bonchev–Trinajstić information content (AvgIpc) is 2.46. The Kier molecular flexibility index (Phi) is 4.54. The Hall–Kier alpha value is -2.41. The molecule has 0 saturated heterocycles. The van der Waals surface area contributed by atoms with E-state index in [-0.39, 0.29) is 6.54 Å². The topological polar surface area (TPSA) is 95.9 Å². The van der Waals surface area contributed by atoms with Crippen LogP contribution >= 0.6 is 0 Å². The fourth-order valence-corrected chi connectivity index (χ4v) is 2.38. The van der Waals surface area contributed by atoms with Gasteiger partial charge >= 0.3 is 12.1 Å². The molecule has 2 rings (SSSR count). The first kappa shape index (κ1) is 15.0. The van der Waals surface area contributed by atoms with Crippen molar-refractivity contribution in [3.8, 4) is 0 Å². The number of imide groups is 1. The van der Waals surface area contributed by atoms with Gasteiger partial charge in [-0.3, -0.25) is 19.8 Å². The maximum absolute atomic E-state index is 11.7. The summed E-state index contributed by atoms with van der Waals surface area (Å²) in [6, 6.07) is 6.73. The molecule has 0 spiro atoms.